The second-order valence-electron chi connectivity index (χ2n) is 4.20. The summed E-state index contributed by atoms with van der Waals surface area (Å²) < 4.78 is 5.51. The average molecular weight is 344 g/mol. The zero-order chi connectivity index (χ0) is 11.9. The van der Waals surface area contributed by atoms with E-state index in [0.29, 0.717) is 0 Å². The number of alkyl halides is 1. The summed E-state index contributed by atoms with van der Waals surface area (Å²) in [4.78, 5) is 8.12. The number of halogens is 1. The molecule has 0 aliphatic heterocycles. The van der Waals surface area contributed by atoms with Crippen molar-refractivity contribution in [3.8, 4) is 0 Å². The van der Waals surface area contributed by atoms with Crippen molar-refractivity contribution in [1.82, 2.24) is 19.1 Å². The minimum absolute atomic E-state index is 0.764. The maximum absolute atomic E-state index is 4.06. The molecule has 2 heterocycles. The molecular formula is C12H17IN4. The number of hydrogen-bond acceptors (Lipinski definition) is 2. The van der Waals surface area contributed by atoms with Crippen LogP contribution in [-0.2, 0) is 13.1 Å². The highest BCUT2D eigenvalue weighted by molar-refractivity contribution is 14.1. The molecule has 2 aromatic heterocycles. The third-order valence-corrected chi connectivity index (χ3v) is 4.17. The third-order valence-electron chi connectivity index (χ3n) is 2.93. The predicted octanol–water partition coefficient (Wildman–Crippen LogP) is 2.61. The van der Waals surface area contributed by atoms with Crippen molar-refractivity contribution in [2.24, 2.45) is 5.92 Å². The lowest BCUT2D eigenvalue weighted by atomic mass is 10.0. The molecule has 0 bridgehead atoms. The van der Waals surface area contributed by atoms with Crippen molar-refractivity contribution >= 4 is 22.6 Å². The van der Waals surface area contributed by atoms with E-state index in [9.17, 15) is 0 Å². The fourth-order valence-electron chi connectivity index (χ4n) is 1.80. The molecule has 92 valence electrons. The first kappa shape index (κ1) is 12.6. The second-order valence-corrected chi connectivity index (χ2v) is 5.08. The van der Waals surface area contributed by atoms with Gasteiger partial charge in [0.15, 0.2) is 0 Å². The van der Waals surface area contributed by atoms with Crippen LogP contribution in [-0.4, -0.2) is 23.5 Å². The van der Waals surface area contributed by atoms with Gasteiger partial charge in [0, 0.05) is 42.3 Å². The Morgan fingerprint density at radius 2 is 1.47 bits per heavy atom. The molecule has 0 atom stereocenters. The molecule has 0 saturated heterocycles. The highest BCUT2D eigenvalue weighted by Gasteiger charge is 2.07. The third kappa shape index (κ3) is 4.14. The highest BCUT2D eigenvalue weighted by Crippen LogP contribution is 2.14. The van der Waals surface area contributed by atoms with Gasteiger partial charge in [-0.3, -0.25) is 0 Å². The van der Waals surface area contributed by atoms with Gasteiger partial charge in [0.1, 0.15) is 0 Å². The molecule has 0 amide bonds. The number of nitrogens with zero attached hydrogens (tertiary/aromatic N) is 4. The van der Waals surface area contributed by atoms with Crippen LogP contribution in [0.25, 0.3) is 0 Å². The fourth-order valence-corrected chi connectivity index (χ4v) is 2.68. The Hall–Kier alpha value is -0.850. The monoisotopic (exact) mass is 344 g/mol. The van der Waals surface area contributed by atoms with Crippen LogP contribution in [0.15, 0.2) is 37.4 Å². The molecule has 4 nitrogen and oxygen atoms in total. The standard InChI is InChI=1S/C12H17IN4/c13-9-12(1-5-16-7-3-14-10-16)2-6-17-8-4-15-11-17/h3-4,7-8,10-12H,1-2,5-6,9H2. The van der Waals surface area contributed by atoms with Crippen LogP contribution in [0.4, 0.5) is 0 Å². The first-order valence-corrected chi connectivity index (χ1v) is 7.38. The van der Waals surface area contributed by atoms with Gasteiger partial charge in [-0.25, -0.2) is 9.97 Å². The zero-order valence-electron chi connectivity index (χ0n) is 9.74. The van der Waals surface area contributed by atoms with E-state index >= 15 is 0 Å². The topological polar surface area (TPSA) is 35.6 Å². The van der Waals surface area contributed by atoms with Gasteiger partial charge in [-0.1, -0.05) is 22.6 Å². The maximum Gasteiger partial charge on any atom is 0.0945 e. The van der Waals surface area contributed by atoms with Gasteiger partial charge in [-0.05, 0) is 18.8 Å². The number of rotatable bonds is 7. The van der Waals surface area contributed by atoms with Gasteiger partial charge in [0.2, 0.25) is 0 Å². The van der Waals surface area contributed by atoms with Gasteiger partial charge in [0.25, 0.3) is 0 Å². The van der Waals surface area contributed by atoms with E-state index in [2.05, 4.69) is 41.7 Å². The van der Waals surface area contributed by atoms with Crippen molar-refractivity contribution in [3.63, 3.8) is 0 Å². The molecule has 0 aliphatic carbocycles. The SMILES string of the molecule is ICC(CCn1ccnc1)CCn1ccnc1. The van der Waals surface area contributed by atoms with Crippen molar-refractivity contribution in [1.29, 1.82) is 0 Å². The van der Waals surface area contributed by atoms with E-state index in [0.717, 1.165) is 19.0 Å². The van der Waals surface area contributed by atoms with Gasteiger partial charge in [-0.15, -0.1) is 0 Å². The van der Waals surface area contributed by atoms with Crippen molar-refractivity contribution in [3.05, 3.63) is 37.4 Å². The Kier molecular flexibility index (Phi) is 5.03. The van der Waals surface area contributed by atoms with E-state index in [4.69, 9.17) is 0 Å². The Morgan fingerprint density at radius 3 is 1.82 bits per heavy atom. The van der Waals surface area contributed by atoms with E-state index < -0.39 is 0 Å². The molecule has 0 spiro atoms. The quantitative estimate of drug-likeness (QED) is 0.572. The van der Waals surface area contributed by atoms with Gasteiger partial charge < -0.3 is 9.13 Å². The number of hydrogen-bond donors (Lipinski definition) is 0. The summed E-state index contributed by atoms with van der Waals surface area (Å²) in [5.41, 5.74) is 0. The second kappa shape index (κ2) is 6.78. The van der Waals surface area contributed by atoms with Crippen LogP contribution in [0.3, 0.4) is 0 Å². The minimum atomic E-state index is 0.764. The van der Waals surface area contributed by atoms with Crippen LogP contribution < -0.4 is 0 Å². The lowest BCUT2D eigenvalue weighted by molar-refractivity contribution is 0.433. The van der Waals surface area contributed by atoms with E-state index in [-0.39, 0.29) is 0 Å². The smallest absolute Gasteiger partial charge is 0.0945 e. The van der Waals surface area contributed by atoms with E-state index in [1.54, 1.807) is 0 Å². The van der Waals surface area contributed by atoms with Gasteiger partial charge >= 0.3 is 0 Å². The Labute approximate surface area is 115 Å². The molecule has 0 N–H and O–H groups in total. The zero-order valence-corrected chi connectivity index (χ0v) is 11.9. The summed E-state index contributed by atoms with van der Waals surface area (Å²) in [6.07, 6.45) is 13.9. The van der Waals surface area contributed by atoms with Crippen LogP contribution in [0.1, 0.15) is 12.8 Å². The molecule has 0 aromatic carbocycles. The summed E-state index contributed by atoms with van der Waals surface area (Å²) >= 11 is 2.48. The average Bonchev–Trinajstić information content (AvgIpc) is 3.02. The van der Waals surface area contributed by atoms with Crippen molar-refractivity contribution in [2.75, 3.05) is 4.43 Å². The first-order chi connectivity index (χ1) is 8.38. The summed E-state index contributed by atoms with van der Waals surface area (Å²) in [7, 11) is 0. The minimum Gasteiger partial charge on any atom is -0.337 e. The molecule has 0 saturated carbocycles. The first-order valence-electron chi connectivity index (χ1n) is 5.86. The maximum atomic E-state index is 4.06. The molecule has 0 aliphatic rings. The number of aryl methyl sites for hydroxylation is 2. The fraction of sp³-hybridized carbons (Fsp3) is 0.500. The normalized spacial score (nSPS) is 11.2. The lowest BCUT2D eigenvalue weighted by Gasteiger charge is -2.14. The molecule has 0 fully saturated rings. The molecule has 5 heteroatoms. The van der Waals surface area contributed by atoms with Crippen LogP contribution >= 0.6 is 22.6 Å². The Bertz CT molecular complexity index is 358. The molecule has 17 heavy (non-hydrogen) atoms. The largest absolute Gasteiger partial charge is 0.337 e. The molecule has 2 aromatic rings. The number of aromatic nitrogens is 4. The van der Waals surface area contributed by atoms with E-state index in [1.165, 1.54) is 17.3 Å². The van der Waals surface area contributed by atoms with Crippen molar-refractivity contribution in [2.45, 2.75) is 25.9 Å². The molecule has 2 rings (SSSR count). The van der Waals surface area contributed by atoms with Crippen LogP contribution in [0.2, 0.25) is 0 Å². The van der Waals surface area contributed by atoms with Crippen LogP contribution in [0, 0.1) is 5.92 Å². The van der Waals surface area contributed by atoms with Crippen LogP contribution in [0.5, 0.6) is 0 Å². The molecule has 0 radical (unpaired) electrons. The lowest BCUT2D eigenvalue weighted by Crippen LogP contribution is -2.10. The Balaban J connectivity index is 1.73. The number of imidazole rings is 2. The van der Waals surface area contributed by atoms with Gasteiger partial charge in [-0.2, -0.15) is 0 Å². The van der Waals surface area contributed by atoms with Gasteiger partial charge in [0.05, 0.1) is 12.7 Å². The summed E-state index contributed by atoms with van der Waals surface area (Å²) in [6.45, 7) is 2.13. The summed E-state index contributed by atoms with van der Waals surface area (Å²) in [6, 6.07) is 0. The molecular weight excluding hydrogens is 327 g/mol. The van der Waals surface area contributed by atoms with Crippen molar-refractivity contribution < 1.29 is 0 Å². The summed E-state index contributed by atoms with van der Waals surface area (Å²) in [5, 5.41) is 0. The highest BCUT2D eigenvalue weighted by atomic mass is 127. The molecule has 0 unspecified atom stereocenters. The summed E-state index contributed by atoms with van der Waals surface area (Å²) in [5.74, 6) is 0.764. The Morgan fingerprint density at radius 1 is 0.941 bits per heavy atom. The van der Waals surface area contributed by atoms with E-state index in [1.807, 2.05) is 37.4 Å². The predicted molar refractivity (Wildman–Crippen MR) is 76.1 cm³/mol.